The maximum absolute atomic E-state index is 13.0. The molecule has 59 heavy (non-hydrogen) atoms. The van der Waals surface area contributed by atoms with Crippen molar-refractivity contribution in [2.75, 3.05) is 13.2 Å². The fourth-order valence-electron chi connectivity index (χ4n) is 7.74. The summed E-state index contributed by atoms with van der Waals surface area (Å²) in [6.45, 7) is 3.75. The Morgan fingerprint density at radius 2 is 0.983 bits per heavy atom. The van der Waals surface area contributed by atoms with E-state index in [0.717, 1.165) is 44.9 Å². The van der Waals surface area contributed by atoms with Crippen LogP contribution in [0.5, 0.6) is 0 Å². The summed E-state index contributed by atoms with van der Waals surface area (Å²) in [5.74, 6) is -0.180. The summed E-state index contributed by atoms with van der Waals surface area (Å²) < 4.78 is 11.2. The van der Waals surface area contributed by atoms with E-state index < -0.39 is 49.5 Å². The van der Waals surface area contributed by atoms with Gasteiger partial charge in [-0.2, -0.15) is 0 Å². The quantitative estimate of drug-likeness (QED) is 0.0203. The maximum Gasteiger partial charge on any atom is 0.220 e. The van der Waals surface area contributed by atoms with E-state index in [-0.39, 0.29) is 12.5 Å². The van der Waals surface area contributed by atoms with Crippen molar-refractivity contribution in [3.05, 3.63) is 36.5 Å². The lowest BCUT2D eigenvalue weighted by Crippen LogP contribution is -2.60. The Balaban J connectivity index is 2.32. The molecule has 1 heterocycles. The monoisotopic (exact) mass is 836 g/mol. The second-order valence-electron chi connectivity index (χ2n) is 17.3. The van der Waals surface area contributed by atoms with Crippen molar-refractivity contribution in [3.63, 3.8) is 0 Å². The van der Waals surface area contributed by atoms with Crippen molar-refractivity contribution in [3.8, 4) is 0 Å². The van der Waals surface area contributed by atoms with Gasteiger partial charge < -0.3 is 40.3 Å². The van der Waals surface area contributed by atoms with Crippen molar-refractivity contribution in [2.45, 2.75) is 262 Å². The van der Waals surface area contributed by atoms with Crippen LogP contribution in [0.3, 0.4) is 0 Å². The summed E-state index contributed by atoms with van der Waals surface area (Å²) in [7, 11) is 0. The first kappa shape index (κ1) is 55.4. The van der Waals surface area contributed by atoms with Crippen LogP contribution in [-0.4, -0.2) is 87.5 Å². The molecule has 0 radical (unpaired) electrons. The number of carbonyl (C=O) groups is 1. The van der Waals surface area contributed by atoms with Crippen LogP contribution in [-0.2, 0) is 14.3 Å². The Labute approximate surface area is 361 Å². The Morgan fingerprint density at radius 3 is 1.46 bits per heavy atom. The number of ether oxygens (including phenoxy) is 2. The molecule has 0 aromatic carbocycles. The Bertz CT molecular complexity index is 1020. The summed E-state index contributed by atoms with van der Waals surface area (Å²) in [5.41, 5.74) is 0. The minimum absolute atomic E-state index is 0.180. The van der Waals surface area contributed by atoms with Gasteiger partial charge in [0.05, 0.1) is 25.4 Å². The van der Waals surface area contributed by atoms with Crippen molar-refractivity contribution < 1.29 is 39.8 Å². The maximum atomic E-state index is 13.0. The Hall–Kier alpha value is -1.59. The van der Waals surface area contributed by atoms with E-state index in [0.29, 0.717) is 6.42 Å². The van der Waals surface area contributed by atoms with Gasteiger partial charge in [-0.1, -0.05) is 204 Å². The molecule has 0 saturated carbocycles. The minimum atomic E-state index is -1.57. The first-order valence-corrected chi connectivity index (χ1v) is 24.7. The average molecular weight is 836 g/mol. The van der Waals surface area contributed by atoms with Crippen LogP contribution >= 0.6 is 0 Å². The second kappa shape index (κ2) is 40.5. The number of rotatable bonds is 41. The molecule has 6 N–H and O–H groups in total. The first-order chi connectivity index (χ1) is 28.8. The zero-order chi connectivity index (χ0) is 43.0. The van der Waals surface area contributed by atoms with Crippen LogP contribution in [0.25, 0.3) is 0 Å². The van der Waals surface area contributed by atoms with E-state index >= 15 is 0 Å². The SMILES string of the molecule is CCCCC/C=C\C=C/CCCCCCCCCCCCC(=O)NC(COC1OC(CO)C(O)C(O)C1O)C(O)/C=C/CCCCCCCCCCCCCCCCC. The lowest BCUT2D eigenvalue weighted by atomic mass is 9.99. The lowest BCUT2D eigenvalue weighted by molar-refractivity contribution is -0.302. The number of aliphatic hydroxyl groups excluding tert-OH is 5. The number of nitrogens with one attached hydrogen (secondary N) is 1. The van der Waals surface area contributed by atoms with Crippen LogP contribution in [0.4, 0.5) is 0 Å². The Morgan fingerprint density at radius 1 is 0.576 bits per heavy atom. The summed E-state index contributed by atoms with van der Waals surface area (Å²) in [4.78, 5) is 13.0. The predicted octanol–water partition coefficient (Wildman–Crippen LogP) is 10.8. The van der Waals surface area contributed by atoms with Gasteiger partial charge >= 0.3 is 0 Å². The van der Waals surface area contributed by atoms with E-state index in [4.69, 9.17) is 9.47 Å². The number of aliphatic hydroxyl groups is 5. The summed E-state index contributed by atoms with van der Waals surface area (Å²) >= 11 is 0. The molecule has 0 aromatic heterocycles. The highest BCUT2D eigenvalue weighted by Gasteiger charge is 2.44. The number of hydrogen-bond acceptors (Lipinski definition) is 8. The smallest absolute Gasteiger partial charge is 0.220 e. The molecule has 1 rings (SSSR count). The van der Waals surface area contributed by atoms with Gasteiger partial charge in [-0.25, -0.2) is 0 Å². The van der Waals surface area contributed by atoms with E-state index in [1.165, 1.54) is 154 Å². The van der Waals surface area contributed by atoms with Gasteiger partial charge in [-0.3, -0.25) is 4.79 Å². The van der Waals surface area contributed by atoms with Gasteiger partial charge in [0.25, 0.3) is 0 Å². The molecule has 0 bridgehead atoms. The number of unbranched alkanes of at least 4 members (excludes halogenated alkanes) is 28. The topological polar surface area (TPSA) is 149 Å². The molecular weight excluding hydrogens is 743 g/mol. The molecule has 1 aliphatic heterocycles. The highest BCUT2D eigenvalue weighted by Crippen LogP contribution is 2.23. The molecule has 9 heteroatoms. The zero-order valence-corrected chi connectivity index (χ0v) is 38.0. The standard InChI is InChI=1S/C50H93NO8/c1-3-5-7-9-11-13-15-17-19-21-22-24-26-28-30-32-34-36-38-40-46(54)51-43(42-58-50-49(57)48(56)47(55)45(41-52)59-50)44(53)39-37-35-33-31-29-27-25-23-20-18-16-14-12-10-8-6-4-2/h11,13,15,17,37,39,43-45,47-50,52-53,55-57H,3-10,12,14,16,18-36,38,40-42H2,1-2H3,(H,51,54)/b13-11-,17-15-,39-37+. The average Bonchev–Trinajstić information content (AvgIpc) is 3.23. The van der Waals surface area contributed by atoms with Crippen molar-refractivity contribution >= 4 is 5.91 Å². The van der Waals surface area contributed by atoms with Crippen LogP contribution in [0, 0.1) is 0 Å². The largest absolute Gasteiger partial charge is 0.394 e. The Kier molecular flexibility index (Phi) is 38.0. The van der Waals surface area contributed by atoms with Gasteiger partial charge in [-0.15, -0.1) is 0 Å². The zero-order valence-electron chi connectivity index (χ0n) is 38.0. The van der Waals surface area contributed by atoms with Crippen molar-refractivity contribution in [1.29, 1.82) is 0 Å². The van der Waals surface area contributed by atoms with Crippen molar-refractivity contribution in [2.24, 2.45) is 0 Å². The molecule has 0 aromatic rings. The van der Waals surface area contributed by atoms with E-state index in [1.807, 2.05) is 6.08 Å². The normalized spacial score (nSPS) is 21.0. The van der Waals surface area contributed by atoms with E-state index in [2.05, 4.69) is 43.5 Å². The summed E-state index contributed by atoms with van der Waals surface area (Å²) in [6, 6.07) is -0.805. The first-order valence-electron chi connectivity index (χ1n) is 24.7. The van der Waals surface area contributed by atoms with Crippen LogP contribution < -0.4 is 5.32 Å². The van der Waals surface area contributed by atoms with Gasteiger partial charge in [0.1, 0.15) is 24.4 Å². The molecule has 0 spiro atoms. The highest BCUT2D eigenvalue weighted by atomic mass is 16.7. The molecule has 1 fully saturated rings. The fourth-order valence-corrected chi connectivity index (χ4v) is 7.74. The van der Waals surface area contributed by atoms with Crippen LogP contribution in [0.15, 0.2) is 36.5 Å². The summed E-state index contributed by atoms with van der Waals surface area (Å²) in [6.07, 6.45) is 43.2. The second-order valence-corrected chi connectivity index (χ2v) is 17.3. The third kappa shape index (κ3) is 31.0. The van der Waals surface area contributed by atoms with Crippen molar-refractivity contribution in [1.82, 2.24) is 5.32 Å². The number of allylic oxidation sites excluding steroid dienone is 5. The van der Waals surface area contributed by atoms with Gasteiger partial charge in [-0.05, 0) is 44.9 Å². The minimum Gasteiger partial charge on any atom is -0.394 e. The van der Waals surface area contributed by atoms with Gasteiger partial charge in [0.15, 0.2) is 6.29 Å². The molecule has 346 valence electrons. The summed E-state index contributed by atoms with van der Waals surface area (Å²) in [5, 5.41) is 54.3. The number of hydrogen-bond donors (Lipinski definition) is 6. The third-order valence-electron chi connectivity index (χ3n) is 11.7. The molecule has 1 aliphatic rings. The van der Waals surface area contributed by atoms with Crippen LogP contribution in [0.2, 0.25) is 0 Å². The number of carbonyl (C=O) groups excluding carboxylic acids is 1. The van der Waals surface area contributed by atoms with Crippen LogP contribution in [0.1, 0.15) is 219 Å². The molecule has 7 unspecified atom stereocenters. The number of amides is 1. The van der Waals surface area contributed by atoms with E-state index in [9.17, 15) is 30.3 Å². The molecule has 1 amide bonds. The van der Waals surface area contributed by atoms with Gasteiger partial charge in [0, 0.05) is 6.42 Å². The molecule has 9 nitrogen and oxygen atoms in total. The molecule has 1 saturated heterocycles. The van der Waals surface area contributed by atoms with E-state index in [1.54, 1.807) is 6.08 Å². The molecule has 7 atom stereocenters. The fraction of sp³-hybridized carbons (Fsp3) is 0.860. The molecule has 0 aliphatic carbocycles. The third-order valence-corrected chi connectivity index (χ3v) is 11.7. The predicted molar refractivity (Wildman–Crippen MR) is 244 cm³/mol. The highest BCUT2D eigenvalue weighted by molar-refractivity contribution is 5.76. The molecular formula is C50H93NO8. The lowest BCUT2D eigenvalue weighted by Gasteiger charge is -2.40. The van der Waals surface area contributed by atoms with Gasteiger partial charge in [0.2, 0.25) is 5.91 Å².